The molecule has 1 aliphatic carbocycles. The Labute approximate surface area is 162 Å². The smallest absolute Gasteiger partial charge is 0.305 e. The number of ether oxygens (including phenoxy) is 1. The Hall–Kier alpha value is -1.24. The van der Waals surface area contributed by atoms with Crippen LogP contribution in [0.3, 0.4) is 0 Å². The monoisotopic (exact) mass is 384 g/mol. The molecule has 0 unspecified atom stereocenters. The number of Topliss-reactive ketones (excluding diaryl/α,β-unsaturated/α-hetero) is 1. The van der Waals surface area contributed by atoms with E-state index in [-0.39, 0.29) is 11.8 Å². The molecule has 1 fully saturated rings. The molecule has 0 bridgehead atoms. The molecule has 1 saturated carbocycles. The van der Waals surface area contributed by atoms with E-state index in [4.69, 9.17) is 0 Å². The summed E-state index contributed by atoms with van der Waals surface area (Å²) in [6.45, 7) is 2.10. The first-order valence-corrected chi connectivity index (χ1v) is 10.2. The van der Waals surface area contributed by atoms with Gasteiger partial charge in [0.05, 0.1) is 19.3 Å². The van der Waals surface area contributed by atoms with E-state index in [9.17, 15) is 24.9 Å². The van der Waals surface area contributed by atoms with Crippen LogP contribution in [-0.4, -0.2) is 52.5 Å². The van der Waals surface area contributed by atoms with E-state index in [2.05, 4.69) is 11.7 Å². The van der Waals surface area contributed by atoms with Crippen LogP contribution in [0.25, 0.3) is 0 Å². The standard InChI is InChI=1S/C21H36O6/c1-3-4-7-10-15(22)13-14-17-16(19(24)21(26)20(17)25)11-8-5-6-9-12-18(23)27-2/h13-17,20-22,25-26H,3-12H2,1-2H3/b14-13+/t15-,16+,17+,20-,21+/m0/s1. The van der Waals surface area contributed by atoms with Gasteiger partial charge in [0.25, 0.3) is 0 Å². The Morgan fingerprint density at radius 2 is 1.85 bits per heavy atom. The first-order valence-electron chi connectivity index (χ1n) is 10.2. The SMILES string of the molecule is CCCCC[C@H](O)/C=C/[C@H]1[C@H](O)[C@H](O)C(=O)[C@@H]1CCCCCCC(=O)OC. The van der Waals surface area contributed by atoms with Crippen LogP contribution in [0.4, 0.5) is 0 Å². The number of hydrogen-bond acceptors (Lipinski definition) is 6. The zero-order valence-corrected chi connectivity index (χ0v) is 16.7. The van der Waals surface area contributed by atoms with Gasteiger partial charge in [0.1, 0.15) is 6.10 Å². The predicted octanol–water partition coefficient (Wildman–Crippen LogP) is 2.53. The van der Waals surface area contributed by atoms with Crippen LogP contribution in [0.5, 0.6) is 0 Å². The summed E-state index contributed by atoms with van der Waals surface area (Å²) in [7, 11) is 1.37. The number of esters is 1. The zero-order chi connectivity index (χ0) is 20.2. The van der Waals surface area contributed by atoms with Crippen LogP contribution in [-0.2, 0) is 14.3 Å². The van der Waals surface area contributed by atoms with Crippen molar-refractivity contribution in [1.29, 1.82) is 0 Å². The number of methoxy groups -OCH3 is 1. The van der Waals surface area contributed by atoms with Crippen LogP contribution in [0.15, 0.2) is 12.2 Å². The molecule has 0 aliphatic heterocycles. The quantitative estimate of drug-likeness (QED) is 0.256. The first-order chi connectivity index (χ1) is 12.9. The molecule has 0 aromatic carbocycles. The van der Waals surface area contributed by atoms with Crippen molar-refractivity contribution in [3.05, 3.63) is 12.2 Å². The van der Waals surface area contributed by atoms with Crippen molar-refractivity contribution in [1.82, 2.24) is 0 Å². The molecule has 6 heteroatoms. The van der Waals surface area contributed by atoms with Gasteiger partial charge in [0, 0.05) is 18.3 Å². The Kier molecular flexibility index (Phi) is 11.5. The van der Waals surface area contributed by atoms with Gasteiger partial charge < -0.3 is 20.1 Å². The van der Waals surface area contributed by atoms with Crippen molar-refractivity contribution in [3.8, 4) is 0 Å². The zero-order valence-electron chi connectivity index (χ0n) is 16.7. The van der Waals surface area contributed by atoms with E-state index in [0.29, 0.717) is 19.3 Å². The Morgan fingerprint density at radius 1 is 1.15 bits per heavy atom. The third-order valence-electron chi connectivity index (χ3n) is 5.37. The summed E-state index contributed by atoms with van der Waals surface area (Å²) < 4.78 is 4.60. The minimum atomic E-state index is -1.35. The first kappa shape index (κ1) is 23.8. The van der Waals surface area contributed by atoms with E-state index in [1.54, 1.807) is 12.2 Å². The van der Waals surface area contributed by atoms with E-state index >= 15 is 0 Å². The fourth-order valence-electron chi connectivity index (χ4n) is 3.65. The summed E-state index contributed by atoms with van der Waals surface area (Å²) in [5.74, 6) is -1.40. The molecule has 0 amide bonds. The summed E-state index contributed by atoms with van der Waals surface area (Å²) in [5.41, 5.74) is 0. The third-order valence-corrected chi connectivity index (χ3v) is 5.37. The van der Waals surface area contributed by atoms with Crippen LogP contribution < -0.4 is 0 Å². The Balaban J connectivity index is 2.46. The van der Waals surface area contributed by atoms with E-state index in [1.807, 2.05) is 0 Å². The van der Waals surface area contributed by atoms with Gasteiger partial charge in [-0.05, 0) is 19.3 Å². The van der Waals surface area contributed by atoms with E-state index in [1.165, 1.54) is 7.11 Å². The van der Waals surface area contributed by atoms with Crippen molar-refractivity contribution in [2.75, 3.05) is 7.11 Å². The number of hydrogen-bond donors (Lipinski definition) is 3. The molecule has 1 aliphatic rings. The van der Waals surface area contributed by atoms with Crippen molar-refractivity contribution in [2.24, 2.45) is 11.8 Å². The highest BCUT2D eigenvalue weighted by molar-refractivity contribution is 5.89. The summed E-state index contributed by atoms with van der Waals surface area (Å²) >= 11 is 0. The normalized spacial score (nSPS) is 26.6. The van der Waals surface area contributed by atoms with Crippen molar-refractivity contribution >= 4 is 11.8 Å². The van der Waals surface area contributed by atoms with E-state index < -0.39 is 30.1 Å². The van der Waals surface area contributed by atoms with Crippen molar-refractivity contribution in [2.45, 2.75) is 89.4 Å². The van der Waals surface area contributed by atoms with Crippen molar-refractivity contribution < 1.29 is 29.6 Å². The Morgan fingerprint density at radius 3 is 2.52 bits per heavy atom. The van der Waals surface area contributed by atoms with Crippen LogP contribution >= 0.6 is 0 Å². The number of aliphatic hydroxyl groups excluding tert-OH is 3. The van der Waals surface area contributed by atoms with Gasteiger partial charge in [0.15, 0.2) is 5.78 Å². The second-order valence-electron chi connectivity index (χ2n) is 7.50. The highest BCUT2D eigenvalue weighted by atomic mass is 16.5. The largest absolute Gasteiger partial charge is 0.469 e. The molecular weight excluding hydrogens is 348 g/mol. The maximum absolute atomic E-state index is 12.3. The number of aliphatic hydroxyl groups is 3. The minimum absolute atomic E-state index is 0.213. The molecule has 0 spiro atoms. The van der Waals surface area contributed by atoms with Crippen LogP contribution in [0.2, 0.25) is 0 Å². The highest BCUT2D eigenvalue weighted by Gasteiger charge is 2.46. The topological polar surface area (TPSA) is 104 Å². The number of carbonyl (C=O) groups excluding carboxylic acids is 2. The second-order valence-corrected chi connectivity index (χ2v) is 7.50. The summed E-state index contributed by atoms with van der Waals surface area (Å²) in [6.07, 6.45) is 8.34. The molecule has 6 nitrogen and oxygen atoms in total. The lowest BCUT2D eigenvalue weighted by Crippen LogP contribution is -2.27. The lowest BCUT2D eigenvalue weighted by atomic mass is 9.88. The molecule has 0 radical (unpaired) electrons. The highest BCUT2D eigenvalue weighted by Crippen LogP contribution is 2.34. The van der Waals surface area contributed by atoms with Gasteiger partial charge in [-0.25, -0.2) is 0 Å². The minimum Gasteiger partial charge on any atom is -0.469 e. The van der Waals surface area contributed by atoms with E-state index in [0.717, 1.165) is 44.9 Å². The molecule has 3 N–H and O–H groups in total. The summed E-state index contributed by atoms with van der Waals surface area (Å²) in [6, 6.07) is 0. The van der Waals surface area contributed by atoms with Gasteiger partial charge >= 0.3 is 5.97 Å². The van der Waals surface area contributed by atoms with Gasteiger partial charge in [-0.15, -0.1) is 0 Å². The van der Waals surface area contributed by atoms with Gasteiger partial charge in [-0.2, -0.15) is 0 Å². The lowest BCUT2D eigenvalue weighted by molar-refractivity contribution is -0.140. The van der Waals surface area contributed by atoms with Crippen LogP contribution in [0.1, 0.15) is 71.1 Å². The fourth-order valence-corrected chi connectivity index (χ4v) is 3.65. The molecule has 5 atom stereocenters. The number of rotatable bonds is 13. The summed E-state index contributed by atoms with van der Waals surface area (Å²) in [5, 5.41) is 30.2. The molecule has 0 aromatic rings. The Bertz CT molecular complexity index is 475. The van der Waals surface area contributed by atoms with Gasteiger partial charge in [-0.1, -0.05) is 57.6 Å². The molecular formula is C21H36O6. The summed E-state index contributed by atoms with van der Waals surface area (Å²) in [4.78, 5) is 23.3. The molecule has 0 saturated heterocycles. The molecule has 0 aromatic heterocycles. The maximum Gasteiger partial charge on any atom is 0.305 e. The second kappa shape index (κ2) is 13.0. The van der Waals surface area contributed by atoms with Gasteiger partial charge in [-0.3, -0.25) is 9.59 Å². The third kappa shape index (κ3) is 8.11. The molecule has 1 rings (SSSR count). The average Bonchev–Trinajstić information content (AvgIpc) is 2.86. The van der Waals surface area contributed by atoms with Gasteiger partial charge in [0.2, 0.25) is 0 Å². The molecule has 0 heterocycles. The van der Waals surface area contributed by atoms with Crippen LogP contribution in [0, 0.1) is 11.8 Å². The number of unbranched alkanes of at least 4 members (excludes halogenated alkanes) is 5. The molecule has 27 heavy (non-hydrogen) atoms. The predicted molar refractivity (Wildman–Crippen MR) is 103 cm³/mol. The number of carbonyl (C=O) groups is 2. The number of ketones is 1. The maximum atomic E-state index is 12.3. The average molecular weight is 385 g/mol. The van der Waals surface area contributed by atoms with Crippen molar-refractivity contribution in [3.63, 3.8) is 0 Å². The lowest BCUT2D eigenvalue weighted by Gasteiger charge is -2.18. The molecule has 156 valence electrons. The fraction of sp³-hybridized carbons (Fsp3) is 0.810.